The van der Waals surface area contributed by atoms with E-state index >= 15 is 0 Å². The highest BCUT2D eigenvalue weighted by molar-refractivity contribution is 7.84. The van der Waals surface area contributed by atoms with Crippen LogP contribution in [0.4, 0.5) is 19.5 Å². The number of alkyl carbamates (subject to hydrolysis) is 2. The summed E-state index contributed by atoms with van der Waals surface area (Å²) >= 11 is 0.877. The fourth-order valence-electron chi connectivity index (χ4n) is 6.26. The van der Waals surface area contributed by atoms with Crippen molar-refractivity contribution in [2.75, 3.05) is 18.5 Å². The van der Waals surface area contributed by atoms with E-state index in [0.717, 1.165) is 16.1 Å². The van der Waals surface area contributed by atoms with Crippen molar-refractivity contribution in [2.24, 2.45) is 5.16 Å². The average molecular weight is 983 g/mol. The van der Waals surface area contributed by atoms with Crippen molar-refractivity contribution in [1.29, 1.82) is 0 Å². The zero-order valence-corrected chi connectivity index (χ0v) is 39.3. The molecule has 0 unspecified atom stereocenters. The van der Waals surface area contributed by atoms with Gasteiger partial charge in [-0.3, -0.25) is 19.5 Å². The van der Waals surface area contributed by atoms with Crippen LogP contribution in [0.5, 0.6) is 0 Å². The third-order valence-electron chi connectivity index (χ3n) is 9.44. The number of thiazole rings is 1. The number of β-lactam (4-membered cyclic amide) rings is 1. The van der Waals surface area contributed by atoms with Gasteiger partial charge in [-0.15, -0.1) is 11.3 Å². The topological polar surface area (TPSA) is 310 Å². The molecule has 2 atom stereocenters. The highest BCUT2D eigenvalue weighted by atomic mass is 32.2. The second kappa shape index (κ2) is 20.8. The summed E-state index contributed by atoms with van der Waals surface area (Å²) in [7, 11) is -5.18. The van der Waals surface area contributed by atoms with Gasteiger partial charge in [-0.2, -0.15) is 23.4 Å². The van der Waals surface area contributed by atoms with Gasteiger partial charge in [0.05, 0.1) is 25.8 Å². The molecule has 364 valence electrons. The number of carbonyl (C=O) groups excluding carboxylic acids is 6. The summed E-state index contributed by atoms with van der Waals surface area (Å²) in [6.45, 7) is 9.12. The van der Waals surface area contributed by atoms with E-state index in [-0.39, 0.29) is 53.4 Å². The molecule has 3 heterocycles. The molecular weight excluding hydrogens is 933 g/mol. The van der Waals surface area contributed by atoms with E-state index in [1.54, 1.807) is 90.1 Å². The maximum atomic E-state index is 14.2. The molecule has 0 spiro atoms. The van der Waals surface area contributed by atoms with Crippen molar-refractivity contribution in [2.45, 2.75) is 102 Å². The van der Waals surface area contributed by atoms with Gasteiger partial charge in [0.15, 0.2) is 16.9 Å². The first-order valence-corrected chi connectivity index (χ1v) is 23.2. The van der Waals surface area contributed by atoms with Crippen LogP contribution < -0.4 is 21.3 Å². The molecule has 5 amide bonds. The Bertz CT molecular complexity index is 2590. The Morgan fingerprint density at radius 2 is 1.53 bits per heavy atom. The van der Waals surface area contributed by atoms with Crippen molar-refractivity contribution < 1.29 is 65.5 Å². The maximum absolute atomic E-state index is 14.2. The minimum atomic E-state index is -5.18. The fourth-order valence-corrected chi connectivity index (χ4v) is 7.81. The van der Waals surface area contributed by atoms with Gasteiger partial charge in [-0.05, 0) is 52.7 Å². The molecule has 1 saturated carbocycles. The van der Waals surface area contributed by atoms with Crippen LogP contribution in [0.2, 0.25) is 0 Å². The number of esters is 1. The van der Waals surface area contributed by atoms with E-state index in [9.17, 15) is 41.7 Å². The second-order valence-electron chi connectivity index (χ2n) is 17.2. The fraction of sp³-hybridized carbons (Fsp3) is 0.429. The van der Waals surface area contributed by atoms with Gasteiger partial charge in [0.1, 0.15) is 41.3 Å². The molecular formula is C42H50N10O14S2. The second-order valence-corrected chi connectivity index (χ2v) is 19.4. The molecule has 0 bridgehead atoms. The molecule has 2 aliphatic rings. The van der Waals surface area contributed by atoms with Crippen LogP contribution in [-0.2, 0) is 61.6 Å². The van der Waals surface area contributed by atoms with Crippen molar-refractivity contribution in [1.82, 2.24) is 40.2 Å². The Kier molecular flexibility index (Phi) is 15.3. The summed E-state index contributed by atoms with van der Waals surface area (Å²) in [5, 5.41) is 23.3. The quantitative estimate of drug-likeness (QED) is 0.0181. The lowest BCUT2D eigenvalue weighted by molar-refractivity contribution is -0.164. The average Bonchev–Trinajstić information content (AvgIpc) is 3.68. The minimum absolute atomic E-state index is 0.0301. The summed E-state index contributed by atoms with van der Waals surface area (Å²) in [5.41, 5.74) is -2.46. The van der Waals surface area contributed by atoms with E-state index in [1.807, 2.05) is 12.1 Å². The highest BCUT2D eigenvalue weighted by Gasteiger charge is 2.57. The van der Waals surface area contributed by atoms with Gasteiger partial charge in [0.25, 0.3) is 11.8 Å². The van der Waals surface area contributed by atoms with Crippen molar-refractivity contribution in [3.63, 3.8) is 0 Å². The van der Waals surface area contributed by atoms with E-state index in [2.05, 4.69) is 41.6 Å². The van der Waals surface area contributed by atoms with Gasteiger partial charge in [-0.25, -0.2) is 28.5 Å². The van der Waals surface area contributed by atoms with Gasteiger partial charge < -0.3 is 39.7 Å². The number of carbonyl (C=O) groups is 6. The summed E-state index contributed by atoms with van der Waals surface area (Å²) in [4.78, 5) is 89.0. The zero-order chi connectivity index (χ0) is 49.4. The molecule has 26 heteroatoms. The van der Waals surface area contributed by atoms with E-state index in [4.69, 9.17) is 23.8 Å². The van der Waals surface area contributed by atoms with Crippen LogP contribution in [0, 0.1) is 0 Å². The number of hydrogen-bond acceptors (Lipinski definition) is 18. The van der Waals surface area contributed by atoms with E-state index < -0.39 is 93.6 Å². The lowest BCUT2D eigenvalue weighted by Crippen LogP contribution is -2.73. The normalized spacial score (nSPS) is 16.7. The molecule has 2 fully saturated rings. The molecule has 68 heavy (non-hydrogen) atoms. The van der Waals surface area contributed by atoms with Crippen LogP contribution in [-0.4, -0.2) is 121 Å². The van der Waals surface area contributed by atoms with E-state index in [0.29, 0.717) is 11.1 Å². The Balaban J connectivity index is 1.17. The number of ether oxygens (including phenoxy) is 4. The lowest BCUT2D eigenvalue weighted by atomic mass is 9.98. The summed E-state index contributed by atoms with van der Waals surface area (Å²) in [5.74, 6) is -3.15. The molecule has 5 N–H and O–H groups in total. The van der Waals surface area contributed by atoms with Crippen molar-refractivity contribution >= 4 is 68.5 Å². The Morgan fingerprint density at radius 3 is 2.12 bits per heavy atom. The number of hydrogen-bond donors (Lipinski definition) is 5. The van der Waals surface area contributed by atoms with Crippen LogP contribution in [0.1, 0.15) is 83.0 Å². The molecule has 1 aliphatic heterocycles. The van der Waals surface area contributed by atoms with Gasteiger partial charge >= 0.3 is 34.6 Å². The molecule has 2 aromatic carbocycles. The number of nitrogens with zero attached hydrogens (tertiary/aromatic N) is 6. The van der Waals surface area contributed by atoms with Crippen LogP contribution in [0.3, 0.4) is 0 Å². The molecule has 24 nitrogen and oxygen atoms in total. The number of amides is 5. The van der Waals surface area contributed by atoms with Gasteiger partial charge in [0, 0.05) is 18.2 Å². The number of anilines is 1. The third kappa shape index (κ3) is 13.7. The van der Waals surface area contributed by atoms with Crippen molar-refractivity contribution in [3.8, 4) is 0 Å². The SMILES string of the molecule is CC(C)(C)OC(=O)NCCOC(=O)NCc1cnn(C[C@@H]2[C@H](NC(=O)C(=NOC3(C(=O)OC(c4ccccc4)c4ccccc4)CC3)c3csc(NC(=O)OC(C)(C)C)n3)C(=O)N2S(=O)(=O)O)n1. The number of rotatable bonds is 18. The third-order valence-corrected chi connectivity index (χ3v) is 11.1. The molecule has 1 aliphatic carbocycles. The first-order chi connectivity index (χ1) is 32.0. The predicted octanol–water partition coefficient (Wildman–Crippen LogP) is 3.62. The number of oxime groups is 1. The lowest BCUT2D eigenvalue weighted by Gasteiger charge is -2.43. The van der Waals surface area contributed by atoms with Crippen LogP contribution in [0.15, 0.2) is 77.4 Å². The predicted molar refractivity (Wildman–Crippen MR) is 239 cm³/mol. The van der Waals surface area contributed by atoms with E-state index in [1.165, 1.54) is 11.6 Å². The first-order valence-electron chi connectivity index (χ1n) is 20.9. The van der Waals surface area contributed by atoms with Crippen LogP contribution in [0.25, 0.3) is 0 Å². The Morgan fingerprint density at radius 1 is 0.912 bits per heavy atom. The van der Waals surface area contributed by atoms with Gasteiger partial charge in [-0.1, -0.05) is 65.8 Å². The maximum Gasteiger partial charge on any atom is 0.413 e. The summed E-state index contributed by atoms with van der Waals surface area (Å²) in [6.07, 6.45) is -1.71. The minimum Gasteiger partial charge on any atom is -0.450 e. The standard InChI is InChI=1S/C42H50N10O14S2/c1-40(2,3)64-38(57)43-19-20-62-37(56)44-21-27-22-45-51(49-27)23-29-31(34(54)52(29)68(59,60)61)47-33(53)30(28-24-67-36(46-28)48-39(58)65-41(4,5)6)50-66-42(17-18-42)35(55)63-32(25-13-9-7-10-14-25)26-15-11-8-12-16-26/h7-16,22,24,29,31-32H,17-21,23H2,1-6H3,(H,43,57)(H,44,56)(H,47,53)(H,46,48,58)(H,59,60,61)/t29-,31+/m1/s1. The van der Waals surface area contributed by atoms with Crippen molar-refractivity contribution in [3.05, 3.63) is 94.8 Å². The number of benzene rings is 2. The number of aromatic nitrogens is 4. The highest BCUT2D eigenvalue weighted by Crippen LogP contribution is 2.43. The first kappa shape index (κ1) is 50.2. The largest absolute Gasteiger partial charge is 0.450 e. The number of nitrogens with one attached hydrogen (secondary N) is 4. The molecule has 4 aromatic rings. The summed E-state index contributed by atoms with van der Waals surface area (Å²) < 4.78 is 56.3. The van der Waals surface area contributed by atoms with Crippen LogP contribution >= 0.6 is 11.3 Å². The Hall–Kier alpha value is -7.19. The molecule has 0 radical (unpaired) electrons. The summed E-state index contributed by atoms with van der Waals surface area (Å²) in [6, 6.07) is 14.9. The molecule has 2 aromatic heterocycles. The molecule has 1 saturated heterocycles. The smallest absolute Gasteiger partial charge is 0.413 e. The zero-order valence-electron chi connectivity index (χ0n) is 37.7. The Labute approximate surface area is 393 Å². The monoisotopic (exact) mass is 982 g/mol. The van der Waals surface area contributed by atoms with Gasteiger partial charge in [0.2, 0.25) is 5.60 Å². The molecule has 6 rings (SSSR count).